The Bertz CT molecular complexity index is 569. The number of allylic oxidation sites excluding steroid dienone is 2. The molecule has 2 N–H and O–H groups in total. The summed E-state index contributed by atoms with van der Waals surface area (Å²) in [7, 11) is 1.74. The first kappa shape index (κ1) is 18.9. The van der Waals surface area contributed by atoms with Crippen molar-refractivity contribution in [1.82, 2.24) is 15.5 Å². The lowest BCUT2D eigenvalue weighted by Gasteiger charge is -2.18. The molecule has 6 nitrogen and oxygen atoms in total. The molecule has 0 aromatic carbocycles. The minimum absolute atomic E-state index is 0.0234. The molecule has 1 heterocycles. The number of hydrogen-bond donors (Lipinski definition) is 2. The summed E-state index contributed by atoms with van der Waals surface area (Å²) < 4.78 is 0. The minimum atomic E-state index is -0.101. The molecule has 0 radical (unpaired) electrons. The molecule has 6 heteroatoms. The van der Waals surface area contributed by atoms with Crippen LogP contribution in [0.4, 0.5) is 0 Å². The summed E-state index contributed by atoms with van der Waals surface area (Å²) in [6, 6.07) is 0. The van der Waals surface area contributed by atoms with Gasteiger partial charge in [-0.05, 0) is 30.6 Å². The van der Waals surface area contributed by atoms with Crippen LogP contribution in [-0.4, -0.2) is 49.4 Å². The van der Waals surface area contributed by atoms with E-state index >= 15 is 0 Å². The fourth-order valence-corrected chi connectivity index (χ4v) is 4.58. The average molecular weight is 361 g/mol. The van der Waals surface area contributed by atoms with Crippen LogP contribution >= 0.6 is 0 Å². The molecule has 26 heavy (non-hydrogen) atoms. The van der Waals surface area contributed by atoms with Gasteiger partial charge in [-0.3, -0.25) is 19.5 Å². The molecule has 3 rings (SSSR count). The number of imide groups is 1. The molecule has 2 bridgehead atoms. The third-order valence-electron chi connectivity index (χ3n) is 5.91. The second-order valence-electron chi connectivity index (χ2n) is 8.14. The van der Waals surface area contributed by atoms with Crippen LogP contribution in [-0.2, 0) is 9.59 Å². The monoisotopic (exact) mass is 360 g/mol. The van der Waals surface area contributed by atoms with Gasteiger partial charge in [0, 0.05) is 26.7 Å². The van der Waals surface area contributed by atoms with Crippen LogP contribution in [0.5, 0.6) is 0 Å². The van der Waals surface area contributed by atoms with Crippen molar-refractivity contribution >= 4 is 17.8 Å². The molecule has 1 aliphatic heterocycles. The Morgan fingerprint density at radius 2 is 1.73 bits per heavy atom. The van der Waals surface area contributed by atoms with Gasteiger partial charge in [-0.15, -0.1) is 0 Å². The number of nitrogens with one attached hydrogen (secondary N) is 2. The van der Waals surface area contributed by atoms with Gasteiger partial charge in [0.2, 0.25) is 11.8 Å². The highest BCUT2D eigenvalue weighted by atomic mass is 16.2. The number of fused-ring (bicyclic) bond motifs is 5. The van der Waals surface area contributed by atoms with Crippen LogP contribution < -0.4 is 10.6 Å². The highest BCUT2D eigenvalue weighted by Crippen LogP contribution is 2.52. The van der Waals surface area contributed by atoms with Gasteiger partial charge in [-0.25, -0.2) is 0 Å². The van der Waals surface area contributed by atoms with Crippen molar-refractivity contribution in [3.63, 3.8) is 0 Å². The summed E-state index contributed by atoms with van der Waals surface area (Å²) in [5, 5.41) is 6.51. The molecule has 144 valence electrons. The molecule has 2 aliphatic carbocycles. The molecule has 0 aromatic heterocycles. The van der Waals surface area contributed by atoms with E-state index in [1.807, 2.05) is 0 Å². The predicted molar refractivity (Wildman–Crippen MR) is 102 cm³/mol. The van der Waals surface area contributed by atoms with Crippen molar-refractivity contribution in [2.75, 3.05) is 26.7 Å². The summed E-state index contributed by atoms with van der Waals surface area (Å²) in [5.41, 5.74) is 0. The van der Waals surface area contributed by atoms with Crippen LogP contribution in [0.2, 0.25) is 0 Å². The zero-order chi connectivity index (χ0) is 18.7. The van der Waals surface area contributed by atoms with E-state index in [2.05, 4.69) is 41.6 Å². The van der Waals surface area contributed by atoms with Crippen molar-refractivity contribution in [3.05, 3.63) is 12.2 Å². The zero-order valence-electron chi connectivity index (χ0n) is 16.2. The van der Waals surface area contributed by atoms with Crippen LogP contribution in [0.25, 0.3) is 0 Å². The third-order valence-corrected chi connectivity index (χ3v) is 5.91. The maximum absolute atomic E-state index is 12.6. The van der Waals surface area contributed by atoms with Crippen LogP contribution in [0, 0.1) is 29.6 Å². The van der Waals surface area contributed by atoms with Crippen molar-refractivity contribution in [1.29, 1.82) is 0 Å². The molecule has 1 saturated heterocycles. The first-order valence-corrected chi connectivity index (χ1v) is 10.0. The van der Waals surface area contributed by atoms with Gasteiger partial charge in [0.25, 0.3) is 0 Å². The first-order valence-electron chi connectivity index (χ1n) is 10.0. The van der Waals surface area contributed by atoms with E-state index in [0.29, 0.717) is 13.1 Å². The van der Waals surface area contributed by atoms with Gasteiger partial charge >= 0.3 is 0 Å². The van der Waals surface area contributed by atoms with E-state index in [-0.39, 0.29) is 35.5 Å². The number of rotatable bonds is 8. The fraction of sp³-hybridized carbons (Fsp3) is 0.750. The second-order valence-corrected chi connectivity index (χ2v) is 8.14. The number of nitrogens with zero attached hydrogens (tertiary/aromatic N) is 2. The van der Waals surface area contributed by atoms with Gasteiger partial charge < -0.3 is 10.6 Å². The standard InChI is InChI=1S/C20H32N4O2/c1-13(2)6-4-5-9-22-20(21-3)23-10-11-24-18(25)16-14-7-8-15(12-14)17(16)19(24)26/h7-8,13-17H,4-6,9-12H2,1-3H3,(H2,21,22,23). The van der Waals surface area contributed by atoms with E-state index in [1.54, 1.807) is 7.05 Å². The van der Waals surface area contributed by atoms with E-state index < -0.39 is 0 Å². The summed E-state index contributed by atoms with van der Waals surface area (Å²) in [6.45, 7) is 6.31. The highest BCUT2D eigenvalue weighted by molar-refractivity contribution is 6.06. The molecule has 3 aliphatic rings. The Morgan fingerprint density at radius 3 is 2.31 bits per heavy atom. The molecule has 0 spiro atoms. The molecule has 2 amide bonds. The fourth-order valence-electron chi connectivity index (χ4n) is 4.58. The summed E-state index contributed by atoms with van der Waals surface area (Å²) in [6.07, 6.45) is 8.80. The van der Waals surface area contributed by atoms with Gasteiger partial charge in [0.1, 0.15) is 0 Å². The number of carbonyl (C=O) groups excluding carboxylic acids is 2. The smallest absolute Gasteiger partial charge is 0.233 e. The normalized spacial score (nSPS) is 29.8. The largest absolute Gasteiger partial charge is 0.356 e. The van der Waals surface area contributed by atoms with Crippen molar-refractivity contribution in [3.8, 4) is 0 Å². The number of carbonyl (C=O) groups is 2. The number of guanidine groups is 1. The maximum atomic E-state index is 12.6. The van der Waals surface area contributed by atoms with E-state index in [4.69, 9.17) is 0 Å². The first-order chi connectivity index (χ1) is 12.5. The Kier molecular flexibility index (Phi) is 5.99. The van der Waals surface area contributed by atoms with Gasteiger partial charge in [-0.1, -0.05) is 38.8 Å². The molecule has 2 fully saturated rings. The average Bonchev–Trinajstić information content (AvgIpc) is 3.28. The van der Waals surface area contributed by atoms with E-state index in [9.17, 15) is 9.59 Å². The van der Waals surface area contributed by atoms with Crippen LogP contribution in [0.1, 0.15) is 39.5 Å². The van der Waals surface area contributed by atoms with Crippen LogP contribution in [0.15, 0.2) is 17.1 Å². The molecule has 0 aromatic rings. The summed E-state index contributed by atoms with van der Waals surface area (Å²) >= 11 is 0. The summed E-state index contributed by atoms with van der Waals surface area (Å²) in [4.78, 5) is 30.9. The van der Waals surface area contributed by atoms with Crippen molar-refractivity contribution < 1.29 is 9.59 Å². The third kappa shape index (κ3) is 3.79. The molecule has 1 saturated carbocycles. The van der Waals surface area contributed by atoms with E-state index in [1.165, 1.54) is 17.7 Å². The number of hydrogen-bond acceptors (Lipinski definition) is 3. The highest BCUT2D eigenvalue weighted by Gasteiger charge is 2.58. The summed E-state index contributed by atoms with van der Waals surface area (Å²) in [5.74, 6) is 1.88. The number of amides is 2. The van der Waals surface area contributed by atoms with E-state index in [0.717, 1.165) is 31.3 Å². The Morgan fingerprint density at radius 1 is 1.12 bits per heavy atom. The second kappa shape index (κ2) is 8.23. The topological polar surface area (TPSA) is 73.8 Å². The van der Waals surface area contributed by atoms with Crippen LogP contribution in [0.3, 0.4) is 0 Å². The molecular formula is C20H32N4O2. The number of aliphatic imine (C=N–C) groups is 1. The predicted octanol–water partition coefficient (Wildman–Crippen LogP) is 1.78. The molecular weight excluding hydrogens is 328 g/mol. The SMILES string of the molecule is CN=C(NCCCCC(C)C)NCCN1C(=O)C2C3C=CC(C3)C2C1=O. The Balaban J connectivity index is 1.39. The van der Waals surface area contributed by atoms with Crippen molar-refractivity contribution in [2.45, 2.75) is 39.5 Å². The minimum Gasteiger partial charge on any atom is -0.356 e. The van der Waals surface area contributed by atoms with Gasteiger partial charge in [-0.2, -0.15) is 0 Å². The molecule has 4 unspecified atom stereocenters. The lowest BCUT2D eigenvalue weighted by molar-refractivity contribution is -0.140. The van der Waals surface area contributed by atoms with Gasteiger partial charge in [0.05, 0.1) is 11.8 Å². The number of unbranched alkanes of at least 4 members (excludes halogenated alkanes) is 1. The number of likely N-dealkylation sites (tertiary alicyclic amines) is 1. The lowest BCUT2D eigenvalue weighted by atomic mass is 9.85. The quantitative estimate of drug-likeness (QED) is 0.228. The molecule has 4 atom stereocenters. The lowest BCUT2D eigenvalue weighted by Crippen LogP contribution is -2.43. The Labute approximate surface area is 156 Å². The van der Waals surface area contributed by atoms with Crippen molar-refractivity contribution in [2.24, 2.45) is 34.6 Å². The van der Waals surface area contributed by atoms with Gasteiger partial charge in [0.15, 0.2) is 5.96 Å². The zero-order valence-corrected chi connectivity index (χ0v) is 16.2. The maximum Gasteiger partial charge on any atom is 0.233 e. The Hall–Kier alpha value is -1.85.